The SMILES string of the molecule is COC(=O)c1ccc(CCCNC(=O)[C@@H](C)NC(=O)C(Cc2c(C)cc(O)cc2C)NC(=O)OC(C)(C)C)cc1. The summed E-state index contributed by atoms with van der Waals surface area (Å²) in [6, 6.07) is 8.39. The Morgan fingerprint density at radius 1 is 0.950 bits per heavy atom. The maximum absolute atomic E-state index is 13.2. The second-order valence-corrected chi connectivity index (χ2v) is 10.8. The third-order valence-corrected chi connectivity index (χ3v) is 6.17. The summed E-state index contributed by atoms with van der Waals surface area (Å²) in [5, 5.41) is 18.0. The quantitative estimate of drug-likeness (QED) is 0.246. The van der Waals surface area contributed by atoms with Crippen LogP contribution in [0.4, 0.5) is 4.79 Å². The minimum atomic E-state index is -1.01. The van der Waals surface area contributed by atoms with Gasteiger partial charge in [0.05, 0.1) is 12.7 Å². The average molecular weight is 556 g/mol. The van der Waals surface area contributed by atoms with E-state index in [0.29, 0.717) is 24.9 Å². The van der Waals surface area contributed by atoms with Crippen molar-refractivity contribution in [2.24, 2.45) is 0 Å². The normalized spacial score (nSPS) is 12.6. The third-order valence-electron chi connectivity index (χ3n) is 6.17. The molecule has 40 heavy (non-hydrogen) atoms. The first-order chi connectivity index (χ1) is 18.7. The van der Waals surface area contributed by atoms with Crippen molar-refractivity contribution >= 4 is 23.9 Å². The molecule has 0 aliphatic carbocycles. The van der Waals surface area contributed by atoms with E-state index < -0.39 is 35.7 Å². The molecule has 2 aromatic carbocycles. The van der Waals surface area contributed by atoms with Crippen LogP contribution in [0, 0.1) is 13.8 Å². The van der Waals surface area contributed by atoms with Crippen molar-refractivity contribution in [1.29, 1.82) is 0 Å². The number of nitrogens with one attached hydrogen (secondary N) is 3. The van der Waals surface area contributed by atoms with Crippen LogP contribution in [0.3, 0.4) is 0 Å². The van der Waals surface area contributed by atoms with Gasteiger partial charge in [-0.05, 0) is 101 Å². The largest absolute Gasteiger partial charge is 0.508 e. The Balaban J connectivity index is 1.97. The summed E-state index contributed by atoms with van der Waals surface area (Å²) in [7, 11) is 1.33. The molecular weight excluding hydrogens is 514 g/mol. The zero-order valence-electron chi connectivity index (χ0n) is 24.3. The summed E-state index contributed by atoms with van der Waals surface area (Å²) in [4.78, 5) is 49.9. The highest BCUT2D eigenvalue weighted by atomic mass is 16.6. The number of methoxy groups -OCH3 is 1. The molecule has 218 valence electrons. The number of phenols is 1. The summed E-state index contributed by atoms with van der Waals surface area (Å²) >= 11 is 0. The first-order valence-corrected chi connectivity index (χ1v) is 13.2. The van der Waals surface area contributed by atoms with Gasteiger partial charge in [0.15, 0.2) is 0 Å². The van der Waals surface area contributed by atoms with E-state index in [1.54, 1.807) is 52.0 Å². The number of rotatable bonds is 11. The molecule has 2 atom stereocenters. The van der Waals surface area contributed by atoms with E-state index in [1.165, 1.54) is 7.11 Å². The summed E-state index contributed by atoms with van der Waals surface area (Å²) in [5.74, 6) is -1.18. The van der Waals surface area contributed by atoms with Gasteiger partial charge < -0.3 is 30.5 Å². The highest BCUT2D eigenvalue weighted by Crippen LogP contribution is 2.22. The Hall–Kier alpha value is -4.08. The maximum Gasteiger partial charge on any atom is 0.408 e. The lowest BCUT2D eigenvalue weighted by Crippen LogP contribution is -2.54. The van der Waals surface area contributed by atoms with Crippen molar-refractivity contribution in [3.05, 3.63) is 64.2 Å². The van der Waals surface area contributed by atoms with Crippen LogP contribution in [0.1, 0.15) is 66.7 Å². The van der Waals surface area contributed by atoms with Crippen molar-refractivity contribution in [3.63, 3.8) is 0 Å². The van der Waals surface area contributed by atoms with Gasteiger partial charge in [-0.1, -0.05) is 12.1 Å². The van der Waals surface area contributed by atoms with Crippen LogP contribution < -0.4 is 16.0 Å². The first kappa shape index (κ1) is 32.1. The van der Waals surface area contributed by atoms with Crippen LogP contribution >= 0.6 is 0 Å². The average Bonchev–Trinajstić information content (AvgIpc) is 2.86. The van der Waals surface area contributed by atoms with Crippen molar-refractivity contribution < 1.29 is 33.8 Å². The second kappa shape index (κ2) is 14.3. The standard InChI is InChI=1S/C30H41N3O7/c1-18-15-23(34)16-19(2)24(18)17-25(33-29(38)40-30(4,5)6)27(36)32-20(3)26(35)31-14-8-9-21-10-12-22(13-11-21)28(37)39-7/h10-13,15-16,20,25,34H,8-9,14,17H2,1-7H3,(H,31,35)(H,32,36)(H,33,38)/t20-,25?/m1/s1. The minimum Gasteiger partial charge on any atom is -0.508 e. The molecular formula is C30H41N3O7. The molecule has 3 amide bonds. The highest BCUT2D eigenvalue weighted by Gasteiger charge is 2.28. The first-order valence-electron chi connectivity index (χ1n) is 13.2. The second-order valence-electron chi connectivity index (χ2n) is 10.8. The van der Waals surface area contributed by atoms with Gasteiger partial charge in [-0.3, -0.25) is 9.59 Å². The molecule has 4 N–H and O–H groups in total. The molecule has 0 radical (unpaired) electrons. The Bertz CT molecular complexity index is 1180. The van der Waals surface area contributed by atoms with Crippen molar-refractivity contribution in [2.45, 2.75) is 78.5 Å². The van der Waals surface area contributed by atoms with E-state index in [4.69, 9.17) is 9.47 Å². The van der Waals surface area contributed by atoms with E-state index in [9.17, 15) is 24.3 Å². The molecule has 10 nitrogen and oxygen atoms in total. The molecule has 0 aromatic heterocycles. The predicted molar refractivity (Wildman–Crippen MR) is 151 cm³/mol. The number of alkyl carbamates (subject to hydrolysis) is 1. The number of amides is 3. The lowest BCUT2D eigenvalue weighted by Gasteiger charge is -2.25. The summed E-state index contributed by atoms with van der Waals surface area (Å²) in [6.07, 6.45) is 0.743. The van der Waals surface area contributed by atoms with Gasteiger partial charge in [0.2, 0.25) is 11.8 Å². The smallest absolute Gasteiger partial charge is 0.408 e. The topological polar surface area (TPSA) is 143 Å². The number of hydrogen-bond donors (Lipinski definition) is 4. The molecule has 0 heterocycles. The predicted octanol–water partition coefficient (Wildman–Crippen LogP) is 3.49. The Morgan fingerprint density at radius 2 is 1.55 bits per heavy atom. The molecule has 0 aliphatic heterocycles. The van der Waals surface area contributed by atoms with Crippen molar-refractivity contribution in [2.75, 3.05) is 13.7 Å². The number of benzene rings is 2. The molecule has 2 rings (SSSR count). The van der Waals surface area contributed by atoms with Gasteiger partial charge in [0, 0.05) is 13.0 Å². The fourth-order valence-corrected chi connectivity index (χ4v) is 4.12. The molecule has 1 unspecified atom stereocenters. The van der Waals surface area contributed by atoms with Gasteiger partial charge in [-0.15, -0.1) is 0 Å². The monoisotopic (exact) mass is 555 g/mol. The zero-order valence-corrected chi connectivity index (χ0v) is 24.3. The number of aromatic hydroxyl groups is 1. The molecule has 0 bridgehead atoms. The maximum atomic E-state index is 13.2. The van der Waals surface area contributed by atoms with Gasteiger partial charge in [0.1, 0.15) is 23.4 Å². The van der Waals surface area contributed by atoms with Crippen LogP contribution in [0.5, 0.6) is 5.75 Å². The van der Waals surface area contributed by atoms with Crippen LogP contribution in [-0.4, -0.2) is 60.3 Å². The van der Waals surface area contributed by atoms with E-state index in [1.807, 2.05) is 26.0 Å². The van der Waals surface area contributed by atoms with Crippen LogP contribution in [0.15, 0.2) is 36.4 Å². The van der Waals surface area contributed by atoms with Gasteiger partial charge in [-0.25, -0.2) is 9.59 Å². The van der Waals surface area contributed by atoms with E-state index in [2.05, 4.69) is 16.0 Å². The van der Waals surface area contributed by atoms with Crippen molar-refractivity contribution in [3.8, 4) is 5.75 Å². The molecule has 0 saturated heterocycles. The summed E-state index contributed by atoms with van der Waals surface area (Å²) in [5.41, 5.74) is 3.06. The fourth-order valence-electron chi connectivity index (χ4n) is 4.12. The fraction of sp³-hybridized carbons (Fsp3) is 0.467. The minimum absolute atomic E-state index is 0.114. The highest BCUT2D eigenvalue weighted by molar-refractivity contribution is 5.91. The number of ether oxygens (including phenoxy) is 2. The number of phenolic OH excluding ortho intramolecular Hbond substituents is 1. The molecule has 0 aliphatic rings. The number of hydrogen-bond acceptors (Lipinski definition) is 7. The Labute approximate surface area is 235 Å². The molecule has 10 heteroatoms. The number of carbonyl (C=O) groups is 4. The number of carbonyl (C=O) groups excluding carboxylic acids is 4. The van der Waals surface area contributed by atoms with Gasteiger partial charge in [-0.2, -0.15) is 0 Å². The molecule has 0 saturated carbocycles. The number of aryl methyl sites for hydroxylation is 3. The van der Waals surface area contributed by atoms with Gasteiger partial charge >= 0.3 is 12.1 Å². The van der Waals surface area contributed by atoms with E-state index >= 15 is 0 Å². The Morgan fingerprint density at radius 3 is 2.10 bits per heavy atom. The van der Waals surface area contributed by atoms with Crippen molar-refractivity contribution in [1.82, 2.24) is 16.0 Å². The lowest BCUT2D eigenvalue weighted by molar-refractivity contribution is -0.129. The summed E-state index contributed by atoms with van der Waals surface area (Å²) in [6.45, 7) is 10.8. The summed E-state index contributed by atoms with van der Waals surface area (Å²) < 4.78 is 10.0. The molecule has 0 fully saturated rings. The van der Waals surface area contributed by atoms with Gasteiger partial charge in [0.25, 0.3) is 0 Å². The van der Waals surface area contributed by atoms with E-state index in [0.717, 1.165) is 22.3 Å². The van der Waals surface area contributed by atoms with E-state index in [-0.39, 0.29) is 18.1 Å². The number of esters is 1. The van der Waals surface area contributed by atoms with Crippen LogP contribution in [0.2, 0.25) is 0 Å². The lowest BCUT2D eigenvalue weighted by atomic mass is 9.95. The Kier molecular flexibility index (Phi) is 11.5. The third kappa shape index (κ3) is 10.2. The van der Waals surface area contributed by atoms with Crippen LogP contribution in [-0.2, 0) is 31.9 Å². The molecule has 2 aromatic rings. The zero-order chi connectivity index (χ0) is 30.0. The molecule has 0 spiro atoms. The van der Waals surface area contributed by atoms with Crippen LogP contribution in [0.25, 0.3) is 0 Å².